The highest BCUT2D eigenvalue weighted by Crippen LogP contribution is 2.35. The van der Waals surface area contributed by atoms with Crippen LogP contribution in [0.15, 0.2) is 47.6 Å². The summed E-state index contributed by atoms with van der Waals surface area (Å²) in [4.78, 5) is 15.3. The molecule has 3 rings (SSSR count). The number of hydrogen-bond donors (Lipinski definition) is 3. The Labute approximate surface area is 143 Å². The standard InChI is InChI=1S/C18H17N3O4/c1-24-16-8-7-13-12(17(16)25-2)9-14(20-13)18(23)21-19-10-11-5-3-4-6-15(11)22/h3-10,20,22H,1-2H3,(H,21,23)/b19-10+. The van der Waals surface area contributed by atoms with Gasteiger partial charge in [0, 0.05) is 10.9 Å². The number of H-pyrrole nitrogens is 1. The molecule has 0 fully saturated rings. The number of fused-ring (bicyclic) bond motifs is 1. The maximum absolute atomic E-state index is 12.3. The molecule has 0 atom stereocenters. The van der Waals surface area contributed by atoms with Crippen LogP contribution in [0.1, 0.15) is 16.1 Å². The number of nitrogens with one attached hydrogen (secondary N) is 2. The summed E-state index contributed by atoms with van der Waals surface area (Å²) in [5.41, 5.74) is 4.00. The second-order valence-corrected chi connectivity index (χ2v) is 5.20. The minimum absolute atomic E-state index is 0.0861. The third-order valence-corrected chi connectivity index (χ3v) is 3.69. The van der Waals surface area contributed by atoms with Crippen molar-refractivity contribution in [3.8, 4) is 17.2 Å². The number of aromatic hydroxyl groups is 1. The van der Waals surface area contributed by atoms with Crippen LogP contribution in [0.4, 0.5) is 0 Å². The molecule has 0 unspecified atom stereocenters. The van der Waals surface area contributed by atoms with E-state index >= 15 is 0 Å². The first kappa shape index (κ1) is 16.4. The molecular weight excluding hydrogens is 322 g/mol. The predicted molar refractivity (Wildman–Crippen MR) is 94.6 cm³/mol. The van der Waals surface area contributed by atoms with Crippen molar-refractivity contribution >= 4 is 23.0 Å². The fraction of sp³-hybridized carbons (Fsp3) is 0.111. The number of ether oxygens (including phenoxy) is 2. The topological polar surface area (TPSA) is 95.9 Å². The Morgan fingerprint density at radius 2 is 2.00 bits per heavy atom. The zero-order chi connectivity index (χ0) is 17.8. The minimum Gasteiger partial charge on any atom is -0.507 e. The number of nitrogens with zero attached hydrogens (tertiary/aromatic N) is 1. The molecule has 25 heavy (non-hydrogen) atoms. The number of carbonyl (C=O) groups is 1. The van der Waals surface area contributed by atoms with Gasteiger partial charge in [0.1, 0.15) is 11.4 Å². The van der Waals surface area contributed by atoms with Gasteiger partial charge in [0.2, 0.25) is 0 Å². The second kappa shape index (κ2) is 6.96. The number of hydrazone groups is 1. The van der Waals surface area contributed by atoms with Gasteiger partial charge in [-0.25, -0.2) is 5.43 Å². The first-order valence-electron chi connectivity index (χ1n) is 7.49. The van der Waals surface area contributed by atoms with Gasteiger partial charge in [0.15, 0.2) is 11.5 Å². The lowest BCUT2D eigenvalue weighted by molar-refractivity contribution is 0.0951. The molecule has 0 saturated heterocycles. The summed E-state index contributed by atoms with van der Waals surface area (Å²) < 4.78 is 10.6. The lowest BCUT2D eigenvalue weighted by Crippen LogP contribution is -2.17. The molecule has 128 valence electrons. The molecule has 2 aromatic carbocycles. The lowest BCUT2D eigenvalue weighted by Gasteiger charge is -2.07. The molecule has 3 N–H and O–H groups in total. The average Bonchev–Trinajstić information content (AvgIpc) is 3.06. The maximum Gasteiger partial charge on any atom is 0.287 e. The summed E-state index contributed by atoms with van der Waals surface area (Å²) in [6.07, 6.45) is 1.37. The quantitative estimate of drug-likeness (QED) is 0.492. The first-order valence-corrected chi connectivity index (χ1v) is 7.49. The molecule has 0 aliphatic heterocycles. The molecule has 1 amide bonds. The number of para-hydroxylation sites is 1. The van der Waals surface area contributed by atoms with Crippen molar-refractivity contribution in [2.75, 3.05) is 14.2 Å². The van der Waals surface area contributed by atoms with Crippen molar-refractivity contribution in [3.05, 3.63) is 53.7 Å². The second-order valence-electron chi connectivity index (χ2n) is 5.20. The Hall–Kier alpha value is -3.48. The summed E-state index contributed by atoms with van der Waals surface area (Å²) in [6, 6.07) is 11.9. The van der Waals surface area contributed by atoms with Crippen LogP contribution in [0.25, 0.3) is 10.9 Å². The van der Waals surface area contributed by atoms with Gasteiger partial charge in [0.05, 0.1) is 26.0 Å². The molecule has 0 spiro atoms. The SMILES string of the molecule is COc1ccc2[nH]c(C(=O)N/N=C/c3ccccc3O)cc2c1OC. The van der Waals surface area contributed by atoms with Crippen LogP contribution in [-0.2, 0) is 0 Å². The fourth-order valence-corrected chi connectivity index (χ4v) is 2.47. The summed E-state index contributed by atoms with van der Waals surface area (Å²) in [6.45, 7) is 0. The zero-order valence-electron chi connectivity index (χ0n) is 13.7. The highest BCUT2D eigenvalue weighted by atomic mass is 16.5. The van der Waals surface area contributed by atoms with Gasteiger partial charge in [-0.2, -0.15) is 5.10 Å². The third-order valence-electron chi connectivity index (χ3n) is 3.69. The van der Waals surface area contributed by atoms with Crippen LogP contribution in [0, 0.1) is 0 Å². The van der Waals surface area contributed by atoms with E-state index in [4.69, 9.17) is 9.47 Å². The molecule has 7 nitrogen and oxygen atoms in total. The number of carbonyl (C=O) groups excluding carboxylic acids is 1. The maximum atomic E-state index is 12.3. The number of benzene rings is 2. The van der Waals surface area contributed by atoms with Gasteiger partial charge in [-0.05, 0) is 30.3 Å². The van der Waals surface area contributed by atoms with E-state index in [9.17, 15) is 9.90 Å². The van der Waals surface area contributed by atoms with Crippen molar-refractivity contribution in [2.45, 2.75) is 0 Å². The summed E-state index contributed by atoms with van der Waals surface area (Å²) in [7, 11) is 3.10. The molecule has 0 saturated carbocycles. The number of amides is 1. The molecule has 0 bridgehead atoms. The van der Waals surface area contributed by atoms with Crippen molar-refractivity contribution in [3.63, 3.8) is 0 Å². The van der Waals surface area contributed by atoms with Crippen LogP contribution in [0.2, 0.25) is 0 Å². The smallest absolute Gasteiger partial charge is 0.287 e. The van der Waals surface area contributed by atoms with Crippen LogP contribution >= 0.6 is 0 Å². The van der Waals surface area contributed by atoms with Crippen LogP contribution in [-0.4, -0.2) is 36.4 Å². The van der Waals surface area contributed by atoms with Gasteiger partial charge in [-0.1, -0.05) is 12.1 Å². The molecule has 0 radical (unpaired) electrons. The average molecular weight is 339 g/mol. The number of hydrogen-bond acceptors (Lipinski definition) is 5. The third kappa shape index (κ3) is 3.25. The van der Waals surface area contributed by atoms with E-state index in [0.29, 0.717) is 22.8 Å². The lowest BCUT2D eigenvalue weighted by atomic mass is 10.2. The van der Waals surface area contributed by atoms with Gasteiger partial charge in [-0.3, -0.25) is 4.79 Å². The van der Waals surface area contributed by atoms with E-state index in [0.717, 1.165) is 10.9 Å². The van der Waals surface area contributed by atoms with Gasteiger partial charge in [-0.15, -0.1) is 0 Å². The van der Waals surface area contributed by atoms with Gasteiger partial charge < -0.3 is 19.6 Å². The predicted octanol–water partition coefficient (Wildman–Crippen LogP) is 2.65. The highest BCUT2D eigenvalue weighted by molar-refractivity contribution is 6.00. The monoisotopic (exact) mass is 339 g/mol. The van der Waals surface area contributed by atoms with Crippen LogP contribution in [0.5, 0.6) is 17.2 Å². The van der Waals surface area contributed by atoms with E-state index in [1.54, 1.807) is 56.7 Å². The van der Waals surface area contributed by atoms with E-state index < -0.39 is 5.91 Å². The Bertz CT molecular complexity index is 947. The van der Waals surface area contributed by atoms with Crippen molar-refractivity contribution in [1.29, 1.82) is 0 Å². The van der Waals surface area contributed by atoms with Crippen LogP contribution in [0.3, 0.4) is 0 Å². The molecule has 1 aromatic heterocycles. The summed E-state index contributed by atoms with van der Waals surface area (Å²) >= 11 is 0. The number of aromatic nitrogens is 1. The molecule has 0 aliphatic carbocycles. The number of phenolic OH excluding ortho intramolecular Hbond substituents is 1. The number of methoxy groups -OCH3 is 2. The minimum atomic E-state index is -0.413. The highest BCUT2D eigenvalue weighted by Gasteiger charge is 2.15. The summed E-state index contributed by atoms with van der Waals surface area (Å²) in [5, 5.41) is 14.3. The molecule has 1 heterocycles. The Morgan fingerprint density at radius 1 is 1.20 bits per heavy atom. The van der Waals surface area contributed by atoms with E-state index in [2.05, 4.69) is 15.5 Å². The summed E-state index contributed by atoms with van der Waals surface area (Å²) in [5.74, 6) is 0.804. The molecule has 7 heteroatoms. The molecular formula is C18H17N3O4. The fourth-order valence-electron chi connectivity index (χ4n) is 2.47. The van der Waals surface area contributed by atoms with E-state index in [1.807, 2.05) is 0 Å². The van der Waals surface area contributed by atoms with Crippen LogP contribution < -0.4 is 14.9 Å². The largest absolute Gasteiger partial charge is 0.507 e. The number of rotatable bonds is 5. The van der Waals surface area contributed by atoms with Crippen molar-refractivity contribution in [2.24, 2.45) is 5.10 Å². The number of phenols is 1. The normalized spacial score (nSPS) is 11.0. The molecule has 3 aromatic rings. The van der Waals surface area contributed by atoms with Gasteiger partial charge in [0.25, 0.3) is 5.91 Å². The number of aromatic amines is 1. The Kier molecular flexibility index (Phi) is 4.56. The Morgan fingerprint density at radius 3 is 2.72 bits per heavy atom. The van der Waals surface area contributed by atoms with E-state index in [1.165, 1.54) is 6.21 Å². The first-order chi connectivity index (χ1) is 12.1. The Balaban J connectivity index is 1.82. The van der Waals surface area contributed by atoms with Crippen molar-refractivity contribution in [1.82, 2.24) is 10.4 Å². The van der Waals surface area contributed by atoms with Crippen molar-refractivity contribution < 1.29 is 19.4 Å². The zero-order valence-corrected chi connectivity index (χ0v) is 13.7. The van der Waals surface area contributed by atoms with E-state index in [-0.39, 0.29) is 5.75 Å². The molecule has 0 aliphatic rings. The van der Waals surface area contributed by atoms with Gasteiger partial charge >= 0.3 is 0 Å².